The van der Waals surface area contributed by atoms with E-state index in [2.05, 4.69) is 36.5 Å². The molecule has 0 aliphatic carbocycles. The maximum atomic E-state index is 12.6. The number of likely N-dealkylation sites (tertiary alicyclic amines) is 1. The minimum absolute atomic E-state index is 0.0581. The fourth-order valence-corrected chi connectivity index (χ4v) is 3.31. The Balaban J connectivity index is 1.65. The van der Waals surface area contributed by atoms with Gasteiger partial charge in [0.2, 0.25) is 5.91 Å². The molecule has 1 atom stereocenters. The van der Waals surface area contributed by atoms with E-state index in [0.29, 0.717) is 18.5 Å². The Bertz CT molecular complexity index is 783. The number of aryl methyl sites for hydroxylation is 1. The molecule has 0 bridgehead atoms. The van der Waals surface area contributed by atoms with Gasteiger partial charge in [-0.1, -0.05) is 43.3 Å². The van der Waals surface area contributed by atoms with E-state index in [9.17, 15) is 9.59 Å². The number of carbonyl (C=O) groups is 2. The van der Waals surface area contributed by atoms with Gasteiger partial charge in [-0.05, 0) is 48.6 Å². The van der Waals surface area contributed by atoms with Gasteiger partial charge in [0.15, 0.2) is 0 Å². The van der Waals surface area contributed by atoms with E-state index >= 15 is 0 Å². The predicted octanol–water partition coefficient (Wildman–Crippen LogP) is 3.86. The monoisotopic (exact) mass is 350 g/mol. The van der Waals surface area contributed by atoms with Crippen LogP contribution in [0.25, 0.3) is 0 Å². The molecule has 1 fully saturated rings. The third kappa shape index (κ3) is 4.31. The molecule has 2 aromatic rings. The molecule has 1 unspecified atom stereocenters. The molecule has 1 saturated heterocycles. The van der Waals surface area contributed by atoms with Crippen LogP contribution in [0, 0.1) is 0 Å². The van der Waals surface area contributed by atoms with Crippen LogP contribution < -0.4 is 5.32 Å². The van der Waals surface area contributed by atoms with E-state index in [1.54, 1.807) is 0 Å². The molecule has 2 amide bonds. The highest BCUT2D eigenvalue weighted by Gasteiger charge is 2.20. The van der Waals surface area contributed by atoms with Gasteiger partial charge in [0.05, 0.1) is 6.04 Å². The summed E-state index contributed by atoms with van der Waals surface area (Å²) in [4.78, 5) is 26.3. The zero-order chi connectivity index (χ0) is 18.5. The molecule has 0 saturated carbocycles. The summed E-state index contributed by atoms with van der Waals surface area (Å²) in [6.45, 7) is 5.50. The number of nitrogens with one attached hydrogen (secondary N) is 1. The van der Waals surface area contributed by atoms with Crippen LogP contribution in [0.1, 0.15) is 59.8 Å². The Morgan fingerprint density at radius 1 is 1.15 bits per heavy atom. The number of hydrogen-bond donors (Lipinski definition) is 1. The van der Waals surface area contributed by atoms with Crippen molar-refractivity contribution in [2.45, 2.75) is 45.7 Å². The summed E-state index contributed by atoms with van der Waals surface area (Å²) < 4.78 is 0. The summed E-state index contributed by atoms with van der Waals surface area (Å²) in [6, 6.07) is 15.8. The van der Waals surface area contributed by atoms with Crippen LogP contribution in [0.4, 0.5) is 0 Å². The second kappa shape index (κ2) is 8.17. The van der Waals surface area contributed by atoms with E-state index in [-0.39, 0.29) is 17.9 Å². The highest BCUT2D eigenvalue weighted by Crippen LogP contribution is 2.17. The zero-order valence-electron chi connectivity index (χ0n) is 15.5. The second-order valence-electron chi connectivity index (χ2n) is 6.91. The first kappa shape index (κ1) is 18.2. The molecule has 0 aromatic heterocycles. The molecule has 0 radical (unpaired) electrons. The van der Waals surface area contributed by atoms with Gasteiger partial charge in [-0.3, -0.25) is 9.59 Å². The molecule has 136 valence electrons. The molecular formula is C22H26N2O2. The molecule has 3 rings (SSSR count). The number of amides is 2. The van der Waals surface area contributed by atoms with Crippen LogP contribution in [0.2, 0.25) is 0 Å². The third-order valence-corrected chi connectivity index (χ3v) is 4.97. The Hall–Kier alpha value is -2.62. The first-order valence-corrected chi connectivity index (χ1v) is 9.33. The molecule has 0 spiro atoms. The molecule has 1 heterocycles. The van der Waals surface area contributed by atoms with E-state index in [0.717, 1.165) is 30.5 Å². The Labute approximate surface area is 155 Å². The fraction of sp³-hybridized carbons (Fsp3) is 0.364. The average Bonchev–Trinajstić information content (AvgIpc) is 3.06. The lowest BCUT2D eigenvalue weighted by molar-refractivity contribution is -0.128. The number of hydrogen-bond acceptors (Lipinski definition) is 2. The van der Waals surface area contributed by atoms with Gasteiger partial charge in [0, 0.05) is 25.1 Å². The van der Waals surface area contributed by atoms with Gasteiger partial charge in [0.1, 0.15) is 0 Å². The van der Waals surface area contributed by atoms with Crippen molar-refractivity contribution in [3.8, 4) is 0 Å². The second-order valence-corrected chi connectivity index (χ2v) is 6.91. The van der Waals surface area contributed by atoms with Gasteiger partial charge >= 0.3 is 0 Å². The summed E-state index contributed by atoms with van der Waals surface area (Å²) in [6.07, 6.45) is 2.56. The van der Waals surface area contributed by atoms with Gasteiger partial charge in [-0.2, -0.15) is 0 Å². The van der Waals surface area contributed by atoms with Crippen LogP contribution in [0.3, 0.4) is 0 Å². The summed E-state index contributed by atoms with van der Waals surface area (Å²) >= 11 is 0. The number of nitrogens with zero attached hydrogens (tertiary/aromatic N) is 1. The quantitative estimate of drug-likeness (QED) is 0.860. The first-order valence-electron chi connectivity index (χ1n) is 9.33. The van der Waals surface area contributed by atoms with Crippen molar-refractivity contribution in [3.63, 3.8) is 0 Å². The molecule has 1 N–H and O–H groups in total. The van der Waals surface area contributed by atoms with E-state index < -0.39 is 0 Å². The van der Waals surface area contributed by atoms with Gasteiger partial charge < -0.3 is 10.2 Å². The predicted molar refractivity (Wildman–Crippen MR) is 103 cm³/mol. The van der Waals surface area contributed by atoms with Gasteiger partial charge in [-0.25, -0.2) is 0 Å². The van der Waals surface area contributed by atoms with E-state index in [1.807, 2.05) is 36.1 Å². The van der Waals surface area contributed by atoms with Crippen LogP contribution >= 0.6 is 0 Å². The Kier molecular flexibility index (Phi) is 5.71. The van der Waals surface area contributed by atoms with Crippen LogP contribution in [0.15, 0.2) is 48.5 Å². The van der Waals surface area contributed by atoms with Crippen LogP contribution in [-0.2, 0) is 17.8 Å². The topological polar surface area (TPSA) is 49.4 Å². The number of benzene rings is 2. The fourth-order valence-electron chi connectivity index (χ4n) is 3.31. The van der Waals surface area contributed by atoms with Crippen molar-refractivity contribution >= 4 is 11.8 Å². The Morgan fingerprint density at radius 2 is 1.92 bits per heavy atom. The van der Waals surface area contributed by atoms with Gasteiger partial charge in [-0.15, -0.1) is 0 Å². The maximum Gasteiger partial charge on any atom is 0.251 e. The smallest absolute Gasteiger partial charge is 0.251 e. The summed E-state index contributed by atoms with van der Waals surface area (Å²) in [5.41, 5.74) is 4.00. The highest BCUT2D eigenvalue weighted by molar-refractivity contribution is 5.94. The SMILES string of the molecule is CCc1ccc(C(C)NC(=O)c2cccc(CN3CCCC3=O)c2)cc1. The largest absolute Gasteiger partial charge is 0.346 e. The van der Waals surface area contributed by atoms with Crippen molar-refractivity contribution in [3.05, 3.63) is 70.8 Å². The maximum absolute atomic E-state index is 12.6. The standard InChI is InChI=1S/C22H26N2O2/c1-3-17-9-11-19(12-10-17)16(2)23-22(26)20-7-4-6-18(14-20)15-24-13-5-8-21(24)25/h4,6-7,9-12,14,16H,3,5,8,13,15H2,1-2H3,(H,23,26). The Morgan fingerprint density at radius 3 is 2.58 bits per heavy atom. The summed E-state index contributed by atoms with van der Waals surface area (Å²) in [5.74, 6) is 0.107. The molecule has 4 nitrogen and oxygen atoms in total. The minimum atomic E-state index is -0.0910. The molecular weight excluding hydrogens is 324 g/mol. The van der Waals surface area contributed by atoms with E-state index in [4.69, 9.17) is 0 Å². The van der Waals surface area contributed by atoms with Crippen molar-refractivity contribution in [1.82, 2.24) is 10.2 Å². The minimum Gasteiger partial charge on any atom is -0.346 e. The van der Waals surface area contributed by atoms with E-state index in [1.165, 1.54) is 5.56 Å². The van der Waals surface area contributed by atoms with Crippen molar-refractivity contribution in [1.29, 1.82) is 0 Å². The molecule has 1 aliphatic rings. The van der Waals surface area contributed by atoms with Crippen molar-refractivity contribution in [2.24, 2.45) is 0 Å². The molecule has 4 heteroatoms. The van der Waals surface area contributed by atoms with Gasteiger partial charge in [0.25, 0.3) is 5.91 Å². The normalized spacial score (nSPS) is 15.2. The lowest BCUT2D eigenvalue weighted by Crippen LogP contribution is -2.27. The molecule has 26 heavy (non-hydrogen) atoms. The summed E-state index contributed by atoms with van der Waals surface area (Å²) in [5, 5.41) is 3.06. The van der Waals surface area contributed by atoms with Crippen LogP contribution in [-0.4, -0.2) is 23.3 Å². The first-order chi connectivity index (χ1) is 12.6. The molecule has 1 aliphatic heterocycles. The number of carbonyl (C=O) groups excluding carboxylic acids is 2. The third-order valence-electron chi connectivity index (χ3n) is 4.97. The molecule has 2 aromatic carbocycles. The number of rotatable bonds is 6. The van der Waals surface area contributed by atoms with Crippen molar-refractivity contribution < 1.29 is 9.59 Å². The average molecular weight is 350 g/mol. The lowest BCUT2D eigenvalue weighted by Gasteiger charge is -2.17. The highest BCUT2D eigenvalue weighted by atomic mass is 16.2. The van der Waals surface area contributed by atoms with Crippen LogP contribution in [0.5, 0.6) is 0 Å². The lowest BCUT2D eigenvalue weighted by atomic mass is 10.0. The zero-order valence-corrected chi connectivity index (χ0v) is 15.5. The summed E-state index contributed by atoms with van der Waals surface area (Å²) in [7, 11) is 0. The van der Waals surface area contributed by atoms with Crippen molar-refractivity contribution in [2.75, 3.05) is 6.54 Å².